The molecule has 4 nitrogen and oxygen atoms in total. The fourth-order valence-corrected chi connectivity index (χ4v) is 1.67. The van der Waals surface area contributed by atoms with Crippen molar-refractivity contribution in [3.05, 3.63) is 23.8 Å². The molecule has 0 unspecified atom stereocenters. The maximum Gasteiger partial charge on any atom is 0.255 e. The maximum atomic E-state index is 12.0. The summed E-state index contributed by atoms with van der Waals surface area (Å²) in [6, 6.07) is 5.06. The Labute approximate surface area is 101 Å². The second-order valence-electron chi connectivity index (χ2n) is 4.95. The van der Waals surface area contributed by atoms with Gasteiger partial charge in [0.25, 0.3) is 5.91 Å². The van der Waals surface area contributed by atoms with Gasteiger partial charge in [0, 0.05) is 18.3 Å². The molecule has 0 saturated heterocycles. The monoisotopic (exact) mass is 234 g/mol. The van der Waals surface area contributed by atoms with Crippen LogP contribution in [0.4, 0.5) is 5.69 Å². The molecule has 0 aliphatic heterocycles. The Morgan fingerprint density at radius 3 is 2.82 bits per heavy atom. The number of carbonyl (C=O) groups excluding carboxylic acids is 1. The molecule has 1 aliphatic carbocycles. The van der Waals surface area contributed by atoms with Crippen molar-refractivity contribution < 1.29 is 9.53 Å². The van der Waals surface area contributed by atoms with E-state index in [1.807, 2.05) is 0 Å². The third-order valence-electron chi connectivity index (χ3n) is 3.25. The molecule has 92 valence electrons. The molecule has 1 fully saturated rings. The molecule has 0 bridgehead atoms. The van der Waals surface area contributed by atoms with E-state index in [-0.39, 0.29) is 5.91 Å². The van der Waals surface area contributed by atoms with Crippen LogP contribution >= 0.6 is 0 Å². The Kier molecular flexibility index (Phi) is 2.96. The summed E-state index contributed by atoms with van der Waals surface area (Å²) in [5, 5.41) is 2.94. The van der Waals surface area contributed by atoms with E-state index in [0.29, 0.717) is 22.4 Å². The predicted octanol–water partition coefficient (Wildman–Crippen LogP) is 1.81. The first-order chi connectivity index (χ1) is 8.04. The van der Waals surface area contributed by atoms with Crippen LogP contribution in [0.2, 0.25) is 0 Å². The quantitative estimate of drug-likeness (QED) is 0.781. The van der Waals surface area contributed by atoms with Crippen LogP contribution < -0.4 is 15.8 Å². The molecule has 0 spiro atoms. The van der Waals surface area contributed by atoms with Crippen LogP contribution in [0.1, 0.15) is 30.1 Å². The third kappa shape index (κ3) is 2.70. The normalized spacial score (nSPS) is 16.4. The Morgan fingerprint density at radius 2 is 2.24 bits per heavy atom. The zero-order valence-electron chi connectivity index (χ0n) is 10.2. The standard InChI is InChI=1S/C13H18N2O2/c1-13(5-6-13)8-15-12(16)10-4-3-9(14)7-11(10)17-2/h3-4,7H,5-6,8,14H2,1-2H3,(H,15,16). The van der Waals surface area contributed by atoms with Crippen LogP contribution in [-0.4, -0.2) is 19.6 Å². The lowest BCUT2D eigenvalue weighted by molar-refractivity contribution is 0.0943. The number of hydrogen-bond acceptors (Lipinski definition) is 3. The summed E-state index contributed by atoms with van der Waals surface area (Å²) in [5.41, 5.74) is 7.07. The van der Waals surface area contributed by atoms with Crippen molar-refractivity contribution in [2.24, 2.45) is 5.41 Å². The summed E-state index contributed by atoms with van der Waals surface area (Å²) < 4.78 is 5.15. The fraction of sp³-hybridized carbons (Fsp3) is 0.462. The van der Waals surface area contributed by atoms with E-state index < -0.39 is 0 Å². The first-order valence-electron chi connectivity index (χ1n) is 5.76. The van der Waals surface area contributed by atoms with Gasteiger partial charge in [-0.25, -0.2) is 0 Å². The highest BCUT2D eigenvalue weighted by Crippen LogP contribution is 2.44. The second-order valence-corrected chi connectivity index (χ2v) is 4.95. The first kappa shape index (κ1) is 11.8. The fourth-order valence-electron chi connectivity index (χ4n) is 1.67. The number of nitrogens with one attached hydrogen (secondary N) is 1. The van der Waals surface area contributed by atoms with Gasteiger partial charge in [0.2, 0.25) is 0 Å². The Morgan fingerprint density at radius 1 is 1.53 bits per heavy atom. The van der Waals surface area contributed by atoms with Gasteiger partial charge in [-0.2, -0.15) is 0 Å². The Bertz CT molecular complexity index is 439. The minimum atomic E-state index is -0.102. The molecule has 1 amide bonds. The molecule has 0 aromatic heterocycles. The van der Waals surface area contributed by atoms with Gasteiger partial charge >= 0.3 is 0 Å². The molecule has 2 rings (SSSR count). The van der Waals surface area contributed by atoms with Gasteiger partial charge in [-0.05, 0) is 30.4 Å². The molecule has 17 heavy (non-hydrogen) atoms. The molecule has 1 aromatic carbocycles. The number of methoxy groups -OCH3 is 1. The van der Waals surface area contributed by atoms with Crippen molar-refractivity contribution in [1.82, 2.24) is 5.32 Å². The number of nitrogen functional groups attached to an aromatic ring is 1. The second kappa shape index (κ2) is 4.28. The molecule has 1 aromatic rings. The highest BCUT2D eigenvalue weighted by molar-refractivity contribution is 5.97. The van der Waals surface area contributed by atoms with Crippen molar-refractivity contribution in [3.8, 4) is 5.75 Å². The average Bonchev–Trinajstić information content (AvgIpc) is 3.04. The van der Waals surface area contributed by atoms with E-state index in [1.165, 1.54) is 20.0 Å². The van der Waals surface area contributed by atoms with E-state index in [4.69, 9.17) is 10.5 Å². The summed E-state index contributed by atoms with van der Waals surface area (Å²) in [6.07, 6.45) is 2.37. The number of carbonyl (C=O) groups is 1. The zero-order valence-corrected chi connectivity index (χ0v) is 10.2. The van der Waals surface area contributed by atoms with Gasteiger partial charge in [0.15, 0.2) is 0 Å². The first-order valence-corrected chi connectivity index (χ1v) is 5.76. The summed E-state index contributed by atoms with van der Waals surface area (Å²) >= 11 is 0. The average molecular weight is 234 g/mol. The molecular weight excluding hydrogens is 216 g/mol. The lowest BCUT2D eigenvalue weighted by Gasteiger charge is -2.12. The topological polar surface area (TPSA) is 64.3 Å². The van der Waals surface area contributed by atoms with Crippen LogP contribution in [0.3, 0.4) is 0 Å². The highest BCUT2D eigenvalue weighted by atomic mass is 16.5. The zero-order chi connectivity index (χ0) is 12.5. The Hall–Kier alpha value is -1.71. The highest BCUT2D eigenvalue weighted by Gasteiger charge is 2.37. The molecule has 1 saturated carbocycles. The summed E-state index contributed by atoms with van der Waals surface area (Å²) in [5.74, 6) is 0.415. The summed E-state index contributed by atoms with van der Waals surface area (Å²) in [7, 11) is 1.54. The largest absolute Gasteiger partial charge is 0.496 e. The number of amides is 1. The molecule has 0 heterocycles. The van der Waals surface area contributed by atoms with Crippen LogP contribution in [-0.2, 0) is 0 Å². The number of rotatable bonds is 4. The van der Waals surface area contributed by atoms with E-state index in [9.17, 15) is 4.79 Å². The number of anilines is 1. The van der Waals surface area contributed by atoms with Crippen molar-refractivity contribution in [2.75, 3.05) is 19.4 Å². The lowest BCUT2D eigenvalue weighted by Crippen LogP contribution is -2.29. The number of ether oxygens (including phenoxy) is 1. The van der Waals surface area contributed by atoms with E-state index >= 15 is 0 Å². The predicted molar refractivity (Wildman–Crippen MR) is 67.1 cm³/mol. The molecule has 4 heteroatoms. The minimum absolute atomic E-state index is 0.102. The van der Waals surface area contributed by atoms with Gasteiger partial charge in [-0.1, -0.05) is 6.92 Å². The van der Waals surface area contributed by atoms with Crippen molar-refractivity contribution in [2.45, 2.75) is 19.8 Å². The molecule has 0 radical (unpaired) electrons. The van der Waals surface area contributed by atoms with Crippen LogP contribution in [0.5, 0.6) is 5.75 Å². The smallest absolute Gasteiger partial charge is 0.255 e. The van der Waals surface area contributed by atoms with Crippen molar-refractivity contribution >= 4 is 11.6 Å². The van der Waals surface area contributed by atoms with Gasteiger partial charge < -0.3 is 15.8 Å². The van der Waals surface area contributed by atoms with E-state index in [2.05, 4.69) is 12.2 Å². The van der Waals surface area contributed by atoms with Crippen LogP contribution in [0, 0.1) is 5.41 Å². The molecule has 1 aliphatic rings. The molecular formula is C13H18N2O2. The van der Waals surface area contributed by atoms with Gasteiger partial charge in [0.1, 0.15) is 5.75 Å². The summed E-state index contributed by atoms with van der Waals surface area (Å²) in [4.78, 5) is 12.0. The maximum absolute atomic E-state index is 12.0. The van der Waals surface area contributed by atoms with Crippen LogP contribution in [0.25, 0.3) is 0 Å². The Balaban J connectivity index is 2.07. The van der Waals surface area contributed by atoms with Gasteiger partial charge in [0.05, 0.1) is 12.7 Å². The van der Waals surface area contributed by atoms with Crippen molar-refractivity contribution in [3.63, 3.8) is 0 Å². The van der Waals surface area contributed by atoms with Gasteiger partial charge in [-0.15, -0.1) is 0 Å². The lowest BCUT2D eigenvalue weighted by atomic mass is 10.1. The number of nitrogens with two attached hydrogens (primary N) is 1. The number of hydrogen-bond donors (Lipinski definition) is 2. The molecule has 0 atom stereocenters. The third-order valence-corrected chi connectivity index (χ3v) is 3.25. The van der Waals surface area contributed by atoms with Crippen molar-refractivity contribution in [1.29, 1.82) is 0 Å². The SMILES string of the molecule is COc1cc(N)ccc1C(=O)NCC1(C)CC1. The van der Waals surface area contributed by atoms with E-state index in [0.717, 1.165) is 6.54 Å². The van der Waals surface area contributed by atoms with Gasteiger partial charge in [-0.3, -0.25) is 4.79 Å². The molecule has 3 N–H and O–H groups in total. The van der Waals surface area contributed by atoms with E-state index in [1.54, 1.807) is 18.2 Å². The number of benzene rings is 1. The summed E-state index contributed by atoms with van der Waals surface area (Å²) in [6.45, 7) is 2.90. The van der Waals surface area contributed by atoms with Crippen LogP contribution in [0.15, 0.2) is 18.2 Å². The minimum Gasteiger partial charge on any atom is -0.496 e.